The topological polar surface area (TPSA) is 134 Å². The third-order valence-corrected chi connectivity index (χ3v) is 4.22. The zero-order chi connectivity index (χ0) is 22.3. The molecule has 0 bridgehead atoms. The van der Waals surface area contributed by atoms with Gasteiger partial charge in [0, 0.05) is 0 Å². The molecule has 1 amide bonds. The number of rotatable bonds is 9. The maximum absolute atomic E-state index is 14.0. The largest absolute Gasteiger partial charge is 0.486 e. The average Bonchev–Trinajstić information content (AvgIpc) is 2.71. The number of hydrogen-bond acceptors (Lipinski definition) is 9. The zero-order valence-electron chi connectivity index (χ0n) is 16.3. The van der Waals surface area contributed by atoms with E-state index in [9.17, 15) is 19.3 Å². The number of benzene rings is 1. The number of nitrogen functional groups attached to an aromatic ring is 1. The highest BCUT2D eigenvalue weighted by atomic mass is 32.2. The molecule has 0 unspecified atom stereocenters. The van der Waals surface area contributed by atoms with Gasteiger partial charge in [0.05, 0.1) is 18.1 Å². The van der Waals surface area contributed by atoms with E-state index in [1.165, 1.54) is 18.2 Å². The summed E-state index contributed by atoms with van der Waals surface area (Å²) in [4.78, 5) is 32.3. The molecule has 1 aromatic carbocycles. The summed E-state index contributed by atoms with van der Waals surface area (Å²) >= 11 is 1.10. The quantitative estimate of drug-likeness (QED) is 0.205. The van der Waals surface area contributed by atoms with Crippen molar-refractivity contribution in [1.29, 1.82) is 0 Å². The number of carbonyl (C=O) groups excluding carboxylic acids is 1. The minimum absolute atomic E-state index is 0.0240. The van der Waals surface area contributed by atoms with Crippen LogP contribution in [-0.2, 0) is 11.3 Å². The first-order valence-electron chi connectivity index (χ1n) is 8.64. The minimum Gasteiger partial charge on any atom is -0.486 e. The van der Waals surface area contributed by atoms with Crippen LogP contribution in [0.25, 0.3) is 0 Å². The van der Waals surface area contributed by atoms with Gasteiger partial charge in [0.2, 0.25) is 11.6 Å². The molecule has 160 valence electrons. The van der Waals surface area contributed by atoms with Crippen molar-refractivity contribution in [3.05, 3.63) is 52.3 Å². The summed E-state index contributed by atoms with van der Waals surface area (Å²) in [5.74, 6) is -1.38. The predicted molar refractivity (Wildman–Crippen MR) is 110 cm³/mol. The number of nitrogens with zero attached hydrogens (tertiary/aromatic N) is 4. The van der Waals surface area contributed by atoms with Gasteiger partial charge in [-0.3, -0.25) is 15.0 Å². The van der Waals surface area contributed by atoms with Crippen molar-refractivity contribution in [3.63, 3.8) is 0 Å². The Balaban J connectivity index is 2.56. The molecule has 0 saturated carbocycles. The molecule has 0 aliphatic carbocycles. The van der Waals surface area contributed by atoms with Gasteiger partial charge in [-0.15, -0.1) is 0 Å². The molecule has 30 heavy (non-hydrogen) atoms. The first-order chi connectivity index (χ1) is 14.3. The number of aromatic nitrogens is 2. The van der Waals surface area contributed by atoms with Gasteiger partial charge in [-0.1, -0.05) is 30.5 Å². The van der Waals surface area contributed by atoms with Gasteiger partial charge in [0.25, 0.3) is 0 Å². The van der Waals surface area contributed by atoms with Crippen LogP contribution < -0.4 is 15.4 Å². The number of thioether (sulfide) groups is 1. The van der Waals surface area contributed by atoms with Crippen LogP contribution in [0.15, 0.2) is 36.0 Å². The average molecular weight is 437 g/mol. The van der Waals surface area contributed by atoms with E-state index in [-0.39, 0.29) is 36.5 Å². The van der Waals surface area contributed by atoms with Crippen molar-refractivity contribution >= 4 is 35.2 Å². The van der Waals surface area contributed by atoms with Crippen molar-refractivity contribution in [2.45, 2.75) is 18.6 Å². The third-order valence-electron chi connectivity index (χ3n) is 3.67. The number of halogens is 1. The van der Waals surface area contributed by atoms with Crippen LogP contribution in [0.5, 0.6) is 5.75 Å². The summed E-state index contributed by atoms with van der Waals surface area (Å²) in [5.41, 5.74) is 5.52. The summed E-state index contributed by atoms with van der Waals surface area (Å²) in [6.45, 7) is 4.98. The molecule has 12 heteroatoms. The molecule has 0 atom stereocenters. The summed E-state index contributed by atoms with van der Waals surface area (Å²) in [7, 11) is 0. The number of anilines is 2. The van der Waals surface area contributed by atoms with E-state index < -0.39 is 28.3 Å². The Kier molecular flexibility index (Phi) is 7.92. The first kappa shape index (κ1) is 22.9. The van der Waals surface area contributed by atoms with E-state index in [4.69, 9.17) is 15.2 Å². The Hall–Kier alpha value is -3.41. The van der Waals surface area contributed by atoms with Gasteiger partial charge >= 0.3 is 11.8 Å². The van der Waals surface area contributed by atoms with E-state index in [1.807, 2.05) is 0 Å². The summed E-state index contributed by atoms with van der Waals surface area (Å²) < 4.78 is 24.3. The molecule has 0 aliphatic rings. The molecule has 0 fully saturated rings. The van der Waals surface area contributed by atoms with Crippen molar-refractivity contribution in [2.24, 2.45) is 0 Å². The second kappa shape index (κ2) is 10.4. The lowest BCUT2D eigenvalue weighted by molar-refractivity contribution is -0.383. The molecular weight excluding hydrogens is 417 g/mol. The fraction of sp³-hybridized carbons (Fsp3) is 0.278. The monoisotopic (exact) mass is 437 g/mol. The normalized spacial score (nSPS) is 10.4. The molecule has 2 rings (SSSR count). The van der Waals surface area contributed by atoms with Gasteiger partial charge < -0.3 is 15.2 Å². The molecule has 1 heterocycles. The van der Waals surface area contributed by atoms with Crippen LogP contribution in [0.1, 0.15) is 12.5 Å². The van der Waals surface area contributed by atoms with Crippen molar-refractivity contribution in [3.8, 4) is 5.75 Å². The smallest absolute Gasteiger partial charge is 0.415 e. The van der Waals surface area contributed by atoms with Gasteiger partial charge in [-0.25, -0.2) is 9.18 Å². The second-order valence-electron chi connectivity index (χ2n) is 5.67. The predicted octanol–water partition coefficient (Wildman–Crippen LogP) is 3.56. The lowest BCUT2D eigenvalue weighted by Gasteiger charge is -2.21. The zero-order valence-corrected chi connectivity index (χ0v) is 17.1. The maximum Gasteiger partial charge on any atom is 0.415 e. The molecule has 1 aromatic heterocycles. The second-order valence-corrected chi connectivity index (χ2v) is 6.45. The number of amides is 1. The highest BCUT2D eigenvalue weighted by Crippen LogP contribution is 2.34. The lowest BCUT2D eigenvalue weighted by Crippen LogP contribution is -2.33. The van der Waals surface area contributed by atoms with Crippen LogP contribution in [0, 0.1) is 15.9 Å². The number of ether oxygens (including phenoxy) is 2. The molecule has 0 radical (unpaired) electrons. The fourth-order valence-corrected chi connectivity index (χ4v) is 2.78. The molecule has 10 nitrogen and oxygen atoms in total. The van der Waals surface area contributed by atoms with Crippen molar-refractivity contribution in [1.82, 2.24) is 9.97 Å². The van der Waals surface area contributed by atoms with Gasteiger partial charge in [-0.05, 0) is 30.9 Å². The molecule has 2 N–H and O–H groups in total. The Bertz CT molecular complexity index is 959. The lowest BCUT2D eigenvalue weighted by atomic mass is 10.2. The van der Waals surface area contributed by atoms with Gasteiger partial charge in [0.15, 0.2) is 16.7 Å². The van der Waals surface area contributed by atoms with Crippen LogP contribution in [-0.4, -0.2) is 40.5 Å². The maximum atomic E-state index is 14.0. The third kappa shape index (κ3) is 5.35. The Morgan fingerprint density at radius 2 is 2.20 bits per heavy atom. The van der Waals surface area contributed by atoms with E-state index >= 15 is 0 Å². The summed E-state index contributed by atoms with van der Waals surface area (Å²) in [6, 6.07) is 3.94. The summed E-state index contributed by atoms with van der Waals surface area (Å²) in [5, 5.41) is 11.7. The van der Waals surface area contributed by atoms with E-state index in [2.05, 4.69) is 16.5 Å². The van der Waals surface area contributed by atoms with E-state index in [0.717, 1.165) is 22.7 Å². The number of nitrogens with two attached hydrogens (primary N) is 1. The first-order valence-corrected chi connectivity index (χ1v) is 9.87. The molecule has 0 spiro atoms. The molecule has 0 saturated heterocycles. The van der Waals surface area contributed by atoms with E-state index in [1.54, 1.807) is 13.2 Å². The van der Waals surface area contributed by atoms with Crippen LogP contribution >= 0.6 is 11.8 Å². The highest BCUT2D eigenvalue weighted by Gasteiger charge is 2.32. The molecule has 2 aromatic rings. The number of carbonyl (C=O) groups is 1. The van der Waals surface area contributed by atoms with E-state index in [0.29, 0.717) is 5.56 Å². The van der Waals surface area contributed by atoms with Crippen molar-refractivity contribution < 1.29 is 23.6 Å². The fourth-order valence-electron chi connectivity index (χ4n) is 2.41. The Morgan fingerprint density at radius 1 is 1.47 bits per heavy atom. The number of nitro groups is 1. The molecule has 0 aliphatic heterocycles. The molecular formula is C18H20FN5O5S. The van der Waals surface area contributed by atoms with Crippen molar-refractivity contribution in [2.75, 3.05) is 30.1 Å². The standard InChI is InChI=1S/C18H20FN5O5S/c1-4-8-29-13-9-11(6-7-12(13)19)10-23(18(25)28-5-2)16-14(24(26)27)15(20)21-17(22-16)30-3/h4,6-7,9H,1,5,8,10H2,2-3H3,(H2,20,21,22). The SMILES string of the molecule is C=CCOc1cc(CN(C(=O)OCC)c2nc(SC)nc(N)c2[N+](=O)[O-])ccc1F. The Morgan fingerprint density at radius 3 is 2.80 bits per heavy atom. The highest BCUT2D eigenvalue weighted by molar-refractivity contribution is 7.98. The van der Waals surface area contributed by atoms with Crippen LogP contribution in [0.2, 0.25) is 0 Å². The minimum atomic E-state index is -0.886. The number of hydrogen-bond donors (Lipinski definition) is 1. The van der Waals surface area contributed by atoms with Crippen LogP contribution in [0.3, 0.4) is 0 Å². The Labute approximate surface area is 176 Å². The summed E-state index contributed by atoms with van der Waals surface area (Å²) in [6.07, 6.45) is 2.22. The van der Waals surface area contributed by atoms with Gasteiger partial charge in [-0.2, -0.15) is 9.97 Å². The van der Waals surface area contributed by atoms with Gasteiger partial charge in [0.1, 0.15) is 6.61 Å². The van der Waals surface area contributed by atoms with Crippen LogP contribution in [0.4, 0.5) is 26.5 Å².